The lowest BCUT2D eigenvalue weighted by Crippen LogP contribution is -2.65. The summed E-state index contributed by atoms with van der Waals surface area (Å²) in [6.07, 6.45) is 10.2. The summed E-state index contributed by atoms with van der Waals surface area (Å²) in [5, 5.41) is 9.81. The predicted octanol–water partition coefficient (Wildman–Crippen LogP) is 1.11. The van der Waals surface area contributed by atoms with Gasteiger partial charge in [-0.05, 0) is 63.8 Å². The van der Waals surface area contributed by atoms with Crippen molar-refractivity contribution in [3.05, 3.63) is 12.0 Å². The fourth-order valence-electron chi connectivity index (χ4n) is 7.12. The van der Waals surface area contributed by atoms with Crippen LogP contribution in [0.15, 0.2) is 12.0 Å². The quantitative estimate of drug-likeness (QED) is 0.314. The number of carbonyl (C=O) groups is 1. The molecule has 0 aromatic carbocycles. The van der Waals surface area contributed by atoms with Gasteiger partial charge in [-0.2, -0.15) is 0 Å². The zero-order chi connectivity index (χ0) is 26.8. The third kappa shape index (κ3) is 6.49. The molecule has 1 spiro atoms. The van der Waals surface area contributed by atoms with Gasteiger partial charge in [0.1, 0.15) is 5.83 Å². The second-order valence-corrected chi connectivity index (χ2v) is 14.8. The highest BCUT2D eigenvalue weighted by atomic mass is 32.2. The van der Waals surface area contributed by atoms with Crippen molar-refractivity contribution in [3.8, 4) is 0 Å². The Bertz CT molecular complexity index is 944. The molecule has 212 valence electrons. The van der Waals surface area contributed by atoms with Crippen LogP contribution in [0.2, 0.25) is 0 Å². The molecular formula is C26H47FN6O3S. The van der Waals surface area contributed by atoms with Gasteiger partial charge in [-0.15, -0.1) is 0 Å². The fraction of sp³-hybridized carbons (Fsp3) is 0.885. The summed E-state index contributed by atoms with van der Waals surface area (Å²) in [4.78, 5) is 16.1. The van der Waals surface area contributed by atoms with Gasteiger partial charge >= 0.3 is 0 Å². The van der Waals surface area contributed by atoms with Crippen molar-refractivity contribution in [3.63, 3.8) is 0 Å². The second-order valence-electron chi connectivity index (χ2n) is 12.3. The first-order valence-corrected chi connectivity index (χ1v) is 15.9. The van der Waals surface area contributed by atoms with Crippen LogP contribution in [-0.2, 0) is 14.6 Å². The van der Waals surface area contributed by atoms with E-state index < -0.39 is 26.7 Å². The molecule has 1 saturated carbocycles. The molecule has 3 heterocycles. The van der Waals surface area contributed by atoms with E-state index in [9.17, 15) is 17.6 Å². The minimum atomic E-state index is -3.14. The number of nitrogens with two attached hydrogens (primary N) is 2. The molecule has 0 radical (unpaired) electrons. The third-order valence-electron chi connectivity index (χ3n) is 9.81. The van der Waals surface area contributed by atoms with Crippen LogP contribution in [0, 0.1) is 11.3 Å². The fourth-order valence-corrected chi connectivity index (χ4v) is 8.05. The SMILES string of the molecule is CC1(S(C)(=O)=O)CCN([C@@H]2CCNCC2NC(=O)[C@H](C(N)N)C2CC3(CCCC3)CC/C(F)=C\N2)CC1. The van der Waals surface area contributed by atoms with Gasteiger partial charge < -0.3 is 27.4 Å². The van der Waals surface area contributed by atoms with E-state index in [1.807, 2.05) is 6.92 Å². The summed E-state index contributed by atoms with van der Waals surface area (Å²) in [5.74, 6) is -1.09. The van der Waals surface area contributed by atoms with Crippen LogP contribution in [-0.4, -0.2) is 80.7 Å². The number of carbonyl (C=O) groups excluding carboxylic acids is 1. The van der Waals surface area contributed by atoms with E-state index in [1.54, 1.807) is 0 Å². The zero-order valence-corrected chi connectivity index (χ0v) is 23.3. The monoisotopic (exact) mass is 542 g/mol. The van der Waals surface area contributed by atoms with Gasteiger partial charge in [0.05, 0.1) is 22.9 Å². The molecule has 0 bridgehead atoms. The zero-order valence-electron chi connectivity index (χ0n) is 22.5. The third-order valence-corrected chi connectivity index (χ3v) is 12.0. The predicted molar refractivity (Wildman–Crippen MR) is 144 cm³/mol. The van der Waals surface area contributed by atoms with Gasteiger partial charge in [0, 0.05) is 50.6 Å². The van der Waals surface area contributed by atoms with E-state index >= 15 is 0 Å². The number of rotatable bonds is 6. The van der Waals surface area contributed by atoms with Gasteiger partial charge in [-0.25, -0.2) is 12.8 Å². The maximum atomic E-state index is 14.4. The van der Waals surface area contributed by atoms with Crippen molar-refractivity contribution in [2.45, 2.75) is 100 Å². The summed E-state index contributed by atoms with van der Waals surface area (Å²) < 4.78 is 38.4. The number of halogens is 1. The number of piperidine rings is 2. The van der Waals surface area contributed by atoms with Crippen molar-refractivity contribution in [1.29, 1.82) is 0 Å². The minimum Gasteiger partial charge on any atom is -0.385 e. The highest BCUT2D eigenvalue weighted by Crippen LogP contribution is 2.47. The Morgan fingerprint density at radius 3 is 2.49 bits per heavy atom. The van der Waals surface area contributed by atoms with Gasteiger partial charge in [0.15, 0.2) is 9.84 Å². The molecule has 2 unspecified atom stereocenters. The van der Waals surface area contributed by atoms with Crippen LogP contribution in [0.4, 0.5) is 4.39 Å². The Hall–Kier alpha value is -1.27. The van der Waals surface area contributed by atoms with E-state index in [2.05, 4.69) is 20.9 Å². The molecular weight excluding hydrogens is 495 g/mol. The molecule has 0 aromatic rings. The molecule has 11 heteroatoms. The molecule has 4 atom stereocenters. The lowest BCUT2D eigenvalue weighted by molar-refractivity contribution is -0.128. The summed E-state index contributed by atoms with van der Waals surface area (Å²) in [7, 11) is -3.14. The van der Waals surface area contributed by atoms with Crippen LogP contribution in [0.25, 0.3) is 0 Å². The van der Waals surface area contributed by atoms with Crippen molar-refractivity contribution in [2.75, 3.05) is 32.4 Å². The molecule has 7 N–H and O–H groups in total. The molecule has 4 aliphatic rings. The Labute approximate surface area is 221 Å². The van der Waals surface area contributed by atoms with Gasteiger partial charge in [-0.1, -0.05) is 12.8 Å². The van der Waals surface area contributed by atoms with Crippen LogP contribution in [0.5, 0.6) is 0 Å². The largest absolute Gasteiger partial charge is 0.385 e. The molecule has 3 aliphatic heterocycles. The number of amides is 1. The first kappa shape index (κ1) is 28.7. The summed E-state index contributed by atoms with van der Waals surface area (Å²) >= 11 is 0. The molecule has 37 heavy (non-hydrogen) atoms. The van der Waals surface area contributed by atoms with E-state index in [4.69, 9.17) is 11.5 Å². The molecule has 1 aliphatic carbocycles. The van der Waals surface area contributed by atoms with Crippen LogP contribution < -0.4 is 27.4 Å². The average Bonchev–Trinajstić information content (AvgIpc) is 3.29. The molecule has 0 aromatic heterocycles. The Morgan fingerprint density at radius 1 is 1.19 bits per heavy atom. The lowest BCUT2D eigenvalue weighted by Gasteiger charge is -2.46. The number of hydrogen-bond donors (Lipinski definition) is 5. The van der Waals surface area contributed by atoms with Crippen molar-refractivity contribution in [1.82, 2.24) is 20.9 Å². The Balaban J connectivity index is 1.47. The van der Waals surface area contributed by atoms with Crippen LogP contribution in [0.3, 0.4) is 0 Å². The topological polar surface area (TPSA) is 143 Å². The van der Waals surface area contributed by atoms with Gasteiger partial charge in [-0.3, -0.25) is 9.69 Å². The lowest BCUT2D eigenvalue weighted by atomic mass is 9.72. The first-order chi connectivity index (χ1) is 17.4. The van der Waals surface area contributed by atoms with Gasteiger partial charge in [0.2, 0.25) is 5.91 Å². The average molecular weight is 543 g/mol. The highest BCUT2D eigenvalue weighted by Gasteiger charge is 2.45. The van der Waals surface area contributed by atoms with Crippen molar-refractivity contribution in [2.24, 2.45) is 22.8 Å². The number of nitrogens with one attached hydrogen (secondary N) is 3. The number of likely N-dealkylation sites (tertiary alicyclic amines) is 1. The minimum absolute atomic E-state index is 0.0195. The standard InChI is InChI=1S/C26H47FN6O3S/c1-25(37(2,35)36)10-13-33(14-11-25)21-6-12-30-17-20(21)32-24(34)22(23(28)29)19-15-26(7-3-4-8-26)9-5-18(27)16-31-19/h16,19-23,30-31H,3-15,17,28-29H2,1-2H3,(H,32,34)/b18-16+/t19?,20?,21-,22+/m1/s1. The number of sulfone groups is 1. The van der Waals surface area contributed by atoms with E-state index in [1.165, 1.54) is 12.5 Å². The molecule has 1 amide bonds. The van der Waals surface area contributed by atoms with Crippen LogP contribution >= 0.6 is 0 Å². The van der Waals surface area contributed by atoms with E-state index in [0.29, 0.717) is 38.9 Å². The first-order valence-electron chi connectivity index (χ1n) is 14.0. The van der Waals surface area contributed by atoms with Crippen molar-refractivity contribution < 1.29 is 17.6 Å². The van der Waals surface area contributed by atoms with E-state index in [0.717, 1.165) is 51.5 Å². The normalized spacial score (nSPS) is 33.1. The summed E-state index contributed by atoms with van der Waals surface area (Å²) in [6, 6.07) is -0.385. The maximum absolute atomic E-state index is 14.4. The molecule has 9 nitrogen and oxygen atoms in total. The van der Waals surface area contributed by atoms with Crippen molar-refractivity contribution >= 4 is 15.7 Å². The maximum Gasteiger partial charge on any atom is 0.228 e. The second kappa shape index (κ2) is 11.5. The Morgan fingerprint density at radius 2 is 1.86 bits per heavy atom. The van der Waals surface area contributed by atoms with Gasteiger partial charge in [0.25, 0.3) is 0 Å². The summed E-state index contributed by atoms with van der Waals surface area (Å²) in [6.45, 7) is 4.66. The smallest absolute Gasteiger partial charge is 0.228 e. The Kier molecular flexibility index (Phi) is 8.90. The van der Waals surface area contributed by atoms with E-state index in [-0.39, 0.29) is 35.3 Å². The number of allylic oxidation sites excluding steroid dienone is 1. The molecule has 3 fully saturated rings. The summed E-state index contributed by atoms with van der Waals surface area (Å²) in [5.41, 5.74) is 12.4. The number of hydrogen-bond acceptors (Lipinski definition) is 8. The highest BCUT2D eigenvalue weighted by molar-refractivity contribution is 7.92. The molecule has 2 saturated heterocycles. The number of nitrogens with zero attached hydrogens (tertiary/aromatic N) is 1. The van der Waals surface area contributed by atoms with Crippen LogP contribution in [0.1, 0.15) is 71.1 Å². The molecule has 4 rings (SSSR count).